The van der Waals surface area contributed by atoms with Gasteiger partial charge in [-0.05, 0) is 24.1 Å². The fourth-order valence-corrected chi connectivity index (χ4v) is 1.85. The Morgan fingerprint density at radius 3 is 2.43 bits per heavy atom. The highest BCUT2D eigenvalue weighted by molar-refractivity contribution is 6.35. The molecule has 3 N–H and O–H groups in total. The van der Waals surface area contributed by atoms with Crippen LogP contribution in [0.2, 0.25) is 0 Å². The van der Waals surface area contributed by atoms with Crippen molar-refractivity contribution in [1.82, 2.24) is 10.7 Å². The highest BCUT2D eigenvalue weighted by atomic mass is 16.3. The zero-order valence-electron chi connectivity index (χ0n) is 12.4. The molecule has 2 aromatic carbocycles. The molecule has 0 heterocycles. The highest BCUT2D eigenvalue weighted by Gasteiger charge is 2.11. The van der Waals surface area contributed by atoms with Crippen molar-refractivity contribution in [3.8, 4) is 5.75 Å². The number of hydrogen-bond acceptors (Lipinski definition) is 4. The van der Waals surface area contributed by atoms with Crippen molar-refractivity contribution in [3.05, 3.63) is 65.7 Å². The Hall–Kier alpha value is -3.15. The summed E-state index contributed by atoms with van der Waals surface area (Å²) in [4.78, 5) is 23.2. The number of para-hydroxylation sites is 1. The number of aromatic hydroxyl groups is 1. The van der Waals surface area contributed by atoms with Gasteiger partial charge in [-0.1, -0.05) is 42.5 Å². The third-order valence-corrected chi connectivity index (χ3v) is 3.05. The van der Waals surface area contributed by atoms with Crippen molar-refractivity contribution < 1.29 is 14.7 Å². The fourth-order valence-electron chi connectivity index (χ4n) is 1.85. The van der Waals surface area contributed by atoms with E-state index in [-0.39, 0.29) is 5.75 Å². The summed E-state index contributed by atoms with van der Waals surface area (Å²) in [5, 5.41) is 15.7. The Bertz CT molecular complexity index is 699. The van der Waals surface area contributed by atoms with E-state index in [9.17, 15) is 14.7 Å². The molecular formula is C17H17N3O3. The summed E-state index contributed by atoms with van der Waals surface area (Å²) in [6.45, 7) is 0.361. The normalized spacial score (nSPS) is 10.4. The fraction of sp³-hybridized carbons (Fsp3) is 0.118. The van der Waals surface area contributed by atoms with Crippen molar-refractivity contribution in [2.24, 2.45) is 5.10 Å². The average Bonchev–Trinajstić information content (AvgIpc) is 2.57. The van der Waals surface area contributed by atoms with Gasteiger partial charge in [-0.3, -0.25) is 9.59 Å². The first-order valence-electron chi connectivity index (χ1n) is 7.10. The lowest BCUT2D eigenvalue weighted by Crippen LogP contribution is -2.38. The molecule has 118 valence electrons. The minimum absolute atomic E-state index is 0.0396. The number of rotatable bonds is 5. The molecule has 0 aliphatic rings. The van der Waals surface area contributed by atoms with Gasteiger partial charge in [-0.15, -0.1) is 0 Å². The van der Waals surface area contributed by atoms with E-state index in [0.29, 0.717) is 18.5 Å². The first-order chi connectivity index (χ1) is 11.2. The molecule has 2 aromatic rings. The number of nitrogens with zero attached hydrogens (tertiary/aromatic N) is 1. The minimum Gasteiger partial charge on any atom is -0.507 e. The predicted molar refractivity (Wildman–Crippen MR) is 87.0 cm³/mol. The van der Waals surface area contributed by atoms with E-state index in [0.717, 1.165) is 5.56 Å². The van der Waals surface area contributed by atoms with Crippen LogP contribution >= 0.6 is 0 Å². The van der Waals surface area contributed by atoms with Crippen LogP contribution in [0, 0.1) is 0 Å². The summed E-state index contributed by atoms with van der Waals surface area (Å²) in [7, 11) is 0. The number of hydrogen-bond donors (Lipinski definition) is 3. The second-order valence-electron chi connectivity index (χ2n) is 4.75. The molecule has 0 spiro atoms. The SMILES string of the molecule is O=C(NCCc1ccccc1)C(=O)N/N=C\c1ccccc1O. The van der Waals surface area contributed by atoms with E-state index in [4.69, 9.17) is 0 Å². The van der Waals surface area contributed by atoms with Gasteiger partial charge in [0, 0.05) is 12.1 Å². The van der Waals surface area contributed by atoms with Crippen LogP contribution in [0.1, 0.15) is 11.1 Å². The van der Waals surface area contributed by atoms with Crippen molar-refractivity contribution in [3.63, 3.8) is 0 Å². The molecule has 0 aromatic heterocycles. The van der Waals surface area contributed by atoms with Crippen molar-refractivity contribution >= 4 is 18.0 Å². The zero-order chi connectivity index (χ0) is 16.5. The second-order valence-corrected chi connectivity index (χ2v) is 4.75. The van der Waals surface area contributed by atoms with Gasteiger partial charge in [-0.2, -0.15) is 5.10 Å². The topological polar surface area (TPSA) is 90.8 Å². The molecule has 0 radical (unpaired) electrons. The quantitative estimate of drug-likeness (QED) is 0.440. The molecule has 0 saturated heterocycles. The molecule has 6 heteroatoms. The van der Waals surface area contributed by atoms with Gasteiger partial charge in [0.2, 0.25) is 0 Å². The van der Waals surface area contributed by atoms with Gasteiger partial charge < -0.3 is 10.4 Å². The molecule has 2 rings (SSSR count). The molecule has 0 fully saturated rings. The Labute approximate surface area is 133 Å². The van der Waals surface area contributed by atoms with Crippen LogP contribution < -0.4 is 10.7 Å². The Kier molecular flexibility index (Phi) is 5.88. The summed E-state index contributed by atoms with van der Waals surface area (Å²) >= 11 is 0. The summed E-state index contributed by atoms with van der Waals surface area (Å²) in [5.41, 5.74) is 3.63. The molecule has 23 heavy (non-hydrogen) atoms. The van der Waals surface area contributed by atoms with E-state index in [1.54, 1.807) is 18.2 Å². The van der Waals surface area contributed by atoms with Crippen LogP contribution in [0.25, 0.3) is 0 Å². The average molecular weight is 311 g/mol. The van der Waals surface area contributed by atoms with Crippen LogP contribution in [0.4, 0.5) is 0 Å². The minimum atomic E-state index is -0.857. The van der Waals surface area contributed by atoms with Gasteiger partial charge in [0.05, 0.1) is 6.21 Å². The maximum absolute atomic E-state index is 11.6. The predicted octanol–water partition coefficient (Wildman–Crippen LogP) is 1.20. The van der Waals surface area contributed by atoms with Gasteiger partial charge in [0.15, 0.2) is 0 Å². The summed E-state index contributed by atoms with van der Waals surface area (Å²) in [6, 6.07) is 16.2. The largest absolute Gasteiger partial charge is 0.507 e. The molecule has 0 atom stereocenters. The number of carbonyl (C=O) groups excluding carboxylic acids is 2. The third kappa shape index (κ3) is 5.28. The summed E-state index contributed by atoms with van der Waals surface area (Å²) in [5.74, 6) is -1.57. The zero-order valence-corrected chi connectivity index (χ0v) is 12.4. The van der Waals surface area contributed by atoms with Crippen LogP contribution in [0.3, 0.4) is 0 Å². The maximum Gasteiger partial charge on any atom is 0.329 e. The van der Waals surface area contributed by atoms with Crippen molar-refractivity contribution in [2.45, 2.75) is 6.42 Å². The van der Waals surface area contributed by atoms with E-state index in [1.165, 1.54) is 12.3 Å². The number of hydrazone groups is 1. The number of carbonyl (C=O) groups is 2. The van der Waals surface area contributed by atoms with Crippen molar-refractivity contribution in [1.29, 1.82) is 0 Å². The molecule has 0 aliphatic heterocycles. The van der Waals surface area contributed by atoms with Crippen LogP contribution in [-0.4, -0.2) is 29.7 Å². The number of phenols is 1. The van der Waals surface area contributed by atoms with Gasteiger partial charge in [0.25, 0.3) is 0 Å². The van der Waals surface area contributed by atoms with Gasteiger partial charge in [-0.25, -0.2) is 5.43 Å². The second kappa shape index (κ2) is 8.33. The van der Waals surface area contributed by atoms with Crippen molar-refractivity contribution in [2.75, 3.05) is 6.54 Å². The molecule has 6 nitrogen and oxygen atoms in total. The monoisotopic (exact) mass is 311 g/mol. The van der Waals surface area contributed by atoms with Crippen LogP contribution in [0.5, 0.6) is 5.75 Å². The molecule has 0 aliphatic carbocycles. The molecule has 2 amide bonds. The first kappa shape index (κ1) is 16.2. The Morgan fingerprint density at radius 2 is 1.70 bits per heavy atom. The summed E-state index contributed by atoms with van der Waals surface area (Å²) < 4.78 is 0. The molecule has 0 saturated carbocycles. The van der Waals surface area contributed by atoms with E-state index >= 15 is 0 Å². The number of phenolic OH excluding ortho intramolecular Hbond substituents is 1. The molecule has 0 bridgehead atoms. The lowest BCUT2D eigenvalue weighted by Gasteiger charge is -2.04. The maximum atomic E-state index is 11.6. The smallest absolute Gasteiger partial charge is 0.329 e. The Balaban J connectivity index is 1.75. The molecule has 0 unspecified atom stereocenters. The van der Waals surface area contributed by atoms with E-state index in [1.807, 2.05) is 30.3 Å². The third-order valence-electron chi connectivity index (χ3n) is 3.05. The number of benzene rings is 2. The molecular weight excluding hydrogens is 294 g/mol. The number of amides is 2. The van der Waals surface area contributed by atoms with E-state index in [2.05, 4.69) is 15.8 Å². The summed E-state index contributed by atoms with van der Waals surface area (Å²) in [6.07, 6.45) is 1.91. The van der Waals surface area contributed by atoms with Gasteiger partial charge >= 0.3 is 11.8 Å². The van der Waals surface area contributed by atoms with Crippen LogP contribution in [0.15, 0.2) is 59.7 Å². The van der Waals surface area contributed by atoms with Crippen LogP contribution in [-0.2, 0) is 16.0 Å². The number of nitrogens with one attached hydrogen (secondary N) is 2. The van der Waals surface area contributed by atoms with Gasteiger partial charge in [0.1, 0.15) is 5.75 Å². The standard InChI is InChI=1S/C17H17N3O3/c21-15-9-5-4-8-14(15)12-19-20-17(23)16(22)18-11-10-13-6-2-1-3-7-13/h1-9,12,21H,10-11H2,(H,18,22)(H,20,23)/b19-12-. The lowest BCUT2D eigenvalue weighted by molar-refractivity contribution is -0.139. The first-order valence-corrected chi connectivity index (χ1v) is 7.10. The highest BCUT2D eigenvalue weighted by Crippen LogP contribution is 2.12. The Morgan fingerprint density at radius 1 is 1.00 bits per heavy atom. The van der Waals surface area contributed by atoms with E-state index < -0.39 is 11.8 Å². The lowest BCUT2D eigenvalue weighted by atomic mass is 10.1.